The number of hydrogen-bond acceptors (Lipinski definition) is 8. The van der Waals surface area contributed by atoms with Gasteiger partial charge in [0, 0.05) is 56.5 Å². The van der Waals surface area contributed by atoms with Crippen molar-refractivity contribution in [1.29, 1.82) is 0 Å². The first-order chi connectivity index (χ1) is 21.1. The molecule has 13 heteroatoms. The number of amides is 1. The molecule has 44 heavy (non-hydrogen) atoms. The maximum atomic E-state index is 16.2. The number of carbonyl (C=O) groups is 1. The zero-order chi connectivity index (χ0) is 31.0. The Labute approximate surface area is 257 Å². The fraction of sp³-hybridized carbons (Fsp3) is 0.323. The molecule has 2 saturated heterocycles. The zero-order valence-corrected chi connectivity index (χ0v) is 25.4. The molecule has 6 rings (SSSR count). The number of sulfone groups is 1. The summed E-state index contributed by atoms with van der Waals surface area (Å²) in [5.74, 6) is -2.92. The third kappa shape index (κ3) is 6.08. The SMILES string of the molecule is CC(=O)N1CCN(c2cc(-c3sc(C4CCOCC4)nc3-c3cccc(CS(=O)(=O)c4cc(F)ccc4F)c3F)ccn2)C1. The van der Waals surface area contributed by atoms with Crippen molar-refractivity contribution in [3.05, 3.63) is 82.8 Å². The summed E-state index contributed by atoms with van der Waals surface area (Å²) in [6, 6.07) is 10.2. The minimum Gasteiger partial charge on any atom is -0.381 e. The van der Waals surface area contributed by atoms with Crippen molar-refractivity contribution in [2.45, 2.75) is 36.3 Å². The van der Waals surface area contributed by atoms with E-state index in [1.807, 2.05) is 17.0 Å². The molecule has 0 atom stereocenters. The maximum absolute atomic E-state index is 16.2. The van der Waals surface area contributed by atoms with Gasteiger partial charge in [-0.15, -0.1) is 11.3 Å². The van der Waals surface area contributed by atoms with Crippen LogP contribution in [0.2, 0.25) is 0 Å². The molecule has 0 radical (unpaired) electrons. The van der Waals surface area contributed by atoms with Crippen molar-refractivity contribution >= 4 is 32.9 Å². The van der Waals surface area contributed by atoms with Crippen molar-refractivity contribution in [3.63, 3.8) is 0 Å². The number of hydrogen-bond donors (Lipinski definition) is 0. The summed E-state index contributed by atoms with van der Waals surface area (Å²) < 4.78 is 76.0. The summed E-state index contributed by atoms with van der Waals surface area (Å²) in [5, 5.41) is 0.819. The molecular weight excluding hydrogens is 613 g/mol. The van der Waals surface area contributed by atoms with Gasteiger partial charge in [0.25, 0.3) is 0 Å². The van der Waals surface area contributed by atoms with Crippen LogP contribution in [0.1, 0.15) is 36.3 Å². The van der Waals surface area contributed by atoms with Crippen LogP contribution in [-0.2, 0) is 25.1 Å². The van der Waals surface area contributed by atoms with Gasteiger partial charge in [-0.25, -0.2) is 31.6 Å². The molecule has 2 aliphatic heterocycles. The summed E-state index contributed by atoms with van der Waals surface area (Å²) in [5.41, 5.74) is 1.02. The van der Waals surface area contributed by atoms with Crippen molar-refractivity contribution in [2.24, 2.45) is 0 Å². The van der Waals surface area contributed by atoms with Crippen LogP contribution in [0.4, 0.5) is 19.0 Å². The zero-order valence-electron chi connectivity index (χ0n) is 23.8. The second-order valence-corrected chi connectivity index (χ2v) is 13.8. The van der Waals surface area contributed by atoms with Gasteiger partial charge in [-0.1, -0.05) is 12.1 Å². The van der Waals surface area contributed by atoms with Crippen LogP contribution in [0.3, 0.4) is 0 Å². The number of rotatable bonds is 7. The van der Waals surface area contributed by atoms with Gasteiger partial charge in [0.2, 0.25) is 5.91 Å². The van der Waals surface area contributed by atoms with Crippen molar-refractivity contribution < 1.29 is 31.1 Å². The molecule has 2 aromatic carbocycles. The lowest BCUT2D eigenvalue weighted by molar-refractivity contribution is -0.127. The number of thiazole rings is 1. The standard InChI is InChI=1S/C31H29F3N4O4S2/c1-19(39)37-11-12-38(18-37)27-15-21(7-10-35-27)30-29(36-31(43-30)20-8-13-42-14-9-20)24-4-2-3-22(28(24)34)17-44(40,41)26-16-23(32)5-6-25(26)33/h2-7,10,15-16,20H,8-9,11-14,17-18H2,1H3. The second kappa shape index (κ2) is 12.3. The van der Waals surface area contributed by atoms with E-state index in [0.717, 1.165) is 35.5 Å². The van der Waals surface area contributed by atoms with Gasteiger partial charge < -0.3 is 14.5 Å². The van der Waals surface area contributed by atoms with E-state index in [-0.39, 0.29) is 23.0 Å². The predicted molar refractivity (Wildman–Crippen MR) is 160 cm³/mol. The molecule has 0 aliphatic carbocycles. The van der Waals surface area contributed by atoms with Crippen molar-refractivity contribution in [1.82, 2.24) is 14.9 Å². The van der Waals surface area contributed by atoms with E-state index in [1.165, 1.54) is 36.5 Å². The molecule has 0 unspecified atom stereocenters. The Bertz CT molecular complexity index is 1830. The highest BCUT2D eigenvalue weighted by atomic mass is 32.2. The van der Waals surface area contributed by atoms with Crippen LogP contribution in [-0.4, -0.2) is 62.2 Å². The topological polar surface area (TPSA) is 92.7 Å². The van der Waals surface area contributed by atoms with E-state index < -0.39 is 37.9 Å². The fourth-order valence-corrected chi connectivity index (χ4v) is 8.16. The number of benzene rings is 2. The first-order valence-electron chi connectivity index (χ1n) is 14.1. The molecular formula is C31H29F3N4O4S2. The van der Waals surface area contributed by atoms with E-state index in [9.17, 15) is 22.0 Å². The van der Waals surface area contributed by atoms with Gasteiger partial charge in [-0.3, -0.25) is 4.79 Å². The number of halogens is 3. The Hall–Kier alpha value is -3.81. The highest BCUT2D eigenvalue weighted by Crippen LogP contribution is 2.43. The molecule has 0 spiro atoms. The lowest BCUT2D eigenvalue weighted by Gasteiger charge is -2.19. The molecule has 0 saturated carbocycles. The molecule has 2 aliphatic rings. The number of ether oxygens (including phenoxy) is 1. The van der Waals surface area contributed by atoms with E-state index in [2.05, 4.69) is 4.98 Å². The summed E-state index contributed by atoms with van der Waals surface area (Å²) >= 11 is 1.45. The van der Waals surface area contributed by atoms with Crippen LogP contribution in [0.25, 0.3) is 21.7 Å². The quantitative estimate of drug-likeness (QED) is 0.252. The highest BCUT2D eigenvalue weighted by molar-refractivity contribution is 7.90. The minimum absolute atomic E-state index is 0.0213. The third-order valence-corrected chi connectivity index (χ3v) is 10.8. The molecule has 4 heterocycles. The molecule has 1 amide bonds. The summed E-state index contributed by atoms with van der Waals surface area (Å²) in [6.45, 7) is 4.32. The van der Waals surface area contributed by atoms with Gasteiger partial charge >= 0.3 is 0 Å². The number of aromatic nitrogens is 2. The smallest absolute Gasteiger partial charge is 0.220 e. The normalized spacial score (nSPS) is 16.1. The molecule has 0 bridgehead atoms. The Morgan fingerprint density at radius 2 is 1.86 bits per heavy atom. The fourth-order valence-electron chi connectivity index (χ4n) is 5.47. The van der Waals surface area contributed by atoms with Gasteiger partial charge in [0.15, 0.2) is 9.84 Å². The van der Waals surface area contributed by atoms with E-state index in [1.54, 1.807) is 11.1 Å². The molecule has 8 nitrogen and oxygen atoms in total. The Morgan fingerprint density at radius 3 is 2.61 bits per heavy atom. The van der Waals surface area contributed by atoms with Crippen molar-refractivity contribution in [2.75, 3.05) is 37.9 Å². The van der Waals surface area contributed by atoms with Gasteiger partial charge in [0.05, 0.1) is 28.0 Å². The van der Waals surface area contributed by atoms with Gasteiger partial charge in [-0.05, 0) is 54.8 Å². The number of anilines is 1. The van der Waals surface area contributed by atoms with Crippen LogP contribution < -0.4 is 4.90 Å². The molecule has 230 valence electrons. The predicted octanol–water partition coefficient (Wildman–Crippen LogP) is 5.78. The van der Waals surface area contributed by atoms with Crippen LogP contribution in [0.15, 0.2) is 59.6 Å². The summed E-state index contributed by atoms with van der Waals surface area (Å²) in [4.78, 5) is 24.9. The summed E-state index contributed by atoms with van der Waals surface area (Å²) in [6.07, 6.45) is 3.19. The van der Waals surface area contributed by atoms with E-state index >= 15 is 4.39 Å². The monoisotopic (exact) mass is 642 g/mol. The Morgan fingerprint density at radius 1 is 1.07 bits per heavy atom. The summed E-state index contributed by atoms with van der Waals surface area (Å²) in [7, 11) is -4.42. The third-order valence-electron chi connectivity index (χ3n) is 7.88. The number of carbonyl (C=O) groups excluding carboxylic acids is 1. The lowest BCUT2D eigenvalue weighted by atomic mass is 10.0. The largest absolute Gasteiger partial charge is 0.381 e. The van der Waals surface area contributed by atoms with Gasteiger partial charge in [-0.2, -0.15) is 0 Å². The Kier molecular flexibility index (Phi) is 8.44. The van der Waals surface area contributed by atoms with E-state index in [0.29, 0.717) is 55.4 Å². The average molecular weight is 643 g/mol. The number of nitrogens with zero attached hydrogens (tertiary/aromatic N) is 4. The highest BCUT2D eigenvalue weighted by Gasteiger charge is 2.28. The van der Waals surface area contributed by atoms with Crippen molar-refractivity contribution in [3.8, 4) is 21.7 Å². The van der Waals surface area contributed by atoms with Crippen LogP contribution in [0, 0.1) is 17.5 Å². The van der Waals surface area contributed by atoms with Crippen LogP contribution >= 0.6 is 11.3 Å². The molecule has 0 N–H and O–H groups in total. The number of pyridine rings is 1. The van der Waals surface area contributed by atoms with Gasteiger partial charge in [0.1, 0.15) is 28.2 Å². The van der Waals surface area contributed by atoms with Crippen LogP contribution in [0.5, 0.6) is 0 Å². The maximum Gasteiger partial charge on any atom is 0.220 e. The lowest BCUT2D eigenvalue weighted by Crippen LogP contribution is -2.29. The molecule has 4 aromatic rings. The van der Waals surface area contributed by atoms with E-state index in [4.69, 9.17) is 9.72 Å². The Balaban J connectivity index is 1.40. The second-order valence-electron chi connectivity index (χ2n) is 10.8. The minimum atomic E-state index is -4.42. The molecule has 2 aromatic heterocycles. The molecule has 2 fully saturated rings. The first-order valence-corrected chi connectivity index (χ1v) is 16.6. The average Bonchev–Trinajstić information content (AvgIpc) is 3.69. The first kappa shape index (κ1) is 30.2.